The van der Waals surface area contributed by atoms with E-state index in [4.69, 9.17) is 4.74 Å². The quantitative estimate of drug-likeness (QED) is 0.273. The van der Waals surface area contributed by atoms with E-state index in [0.29, 0.717) is 19.6 Å². The molecule has 0 bridgehead atoms. The number of β-amino-alcohol motifs (C(OH)–C–C–N with tert-alkyl or cyclic N) is 1. The van der Waals surface area contributed by atoms with Crippen LogP contribution in [0.2, 0.25) is 0 Å². The van der Waals surface area contributed by atoms with Crippen LogP contribution in [-0.2, 0) is 22.6 Å². The minimum absolute atomic E-state index is 0.139. The van der Waals surface area contributed by atoms with Crippen molar-refractivity contribution in [1.29, 1.82) is 0 Å². The van der Waals surface area contributed by atoms with E-state index in [-0.39, 0.29) is 23.8 Å². The summed E-state index contributed by atoms with van der Waals surface area (Å²) in [5.41, 5.74) is 5.65. The number of hydrogen-bond acceptors (Lipinski definition) is 4. The number of piperidine rings is 1. The maximum atomic E-state index is 14.4. The number of carbonyl (C=O) groups excluding carboxylic acids is 1. The summed E-state index contributed by atoms with van der Waals surface area (Å²) in [4.78, 5) is 16.5. The molecule has 6 nitrogen and oxygen atoms in total. The highest BCUT2D eigenvalue weighted by molar-refractivity contribution is 5.86. The number of ether oxygens (including phenoxy) is 1. The van der Waals surface area contributed by atoms with Crippen molar-refractivity contribution in [2.75, 3.05) is 26.8 Å². The van der Waals surface area contributed by atoms with Gasteiger partial charge in [0, 0.05) is 69.0 Å². The molecule has 40 heavy (non-hydrogen) atoms. The van der Waals surface area contributed by atoms with Crippen molar-refractivity contribution in [3.63, 3.8) is 0 Å². The number of aromatic nitrogens is 1. The summed E-state index contributed by atoms with van der Waals surface area (Å²) >= 11 is 0. The Hall–Kier alpha value is -3.45. The van der Waals surface area contributed by atoms with Gasteiger partial charge in [0.15, 0.2) is 0 Å². The molecule has 2 fully saturated rings. The standard InChI is InChI=1S/C34H39N3O3/c1-40-18-8-17-36-22-27(29-13-5-6-14-31(29)36)23-37(28-15-16-28)34(39)30-20-35-21-32(38)33(30)26-12-7-11-25(19-26)24-9-3-2-4-10-24/h2-7,9-14,19,22,28,30,32-33,35,38H,8,15-18,20-21,23H2,1H3/t30-,32+,33+/m0/s1. The molecule has 1 aromatic heterocycles. The summed E-state index contributed by atoms with van der Waals surface area (Å²) in [7, 11) is 1.74. The van der Waals surface area contributed by atoms with Gasteiger partial charge in [-0.3, -0.25) is 4.79 Å². The van der Waals surface area contributed by atoms with Gasteiger partial charge in [-0.05, 0) is 47.6 Å². The molecule has 2 N–H and O–H groups in total. The van der Waals surface area contributed by atoms with Crippen LogP contribution in [0.15, 0.2) is 85.1 Å². The van der Waals surface area contributed by atoms with E-state index < -0.39 is 6.10 Å². The molecule has 0 radical (unpaired) electrons. The fourth-order valence-electron chi connectivity index (χ4n) is 6.34. The van der Waals surface area contributed by atoms with Gasteiger partial charge in [0.05, 0.1) is 12.0 Å². The molecule has 1 amide bonds. The smallest absolute Gasteiger partial charge is 0.228 e. The number of rotatable bonds is 10. The molecule has 1 aliphatic heterocycles. The first-order valence-electron chi connectivity index (χ1n) is 14.5. The Morgan fingerprint density at radius 1 is 1.00 bits per heavy atom. The number of methoxy groups -OCH3 is 1. The predicted molar refractivity (Wildman–Crippen MR) is 159 cm³/mol. The highest BCUT2D eigenvalue weighted by Gasteiger charge is 2.43. The van der Waals surface area contributed by atoms with Crippen molar-refractivity contribution in [3.8, 4) is 11.1 Å². The summed E-state index contributed by atoms with van der Waals surface area (Å²) in [5.74, 6) is -0.445. The number of aliphatic hydroxyl groups is 1. The number of benzene rings is 3. The molecule has 4 aromatic rings. The fraction of sp³-hybridized carbons (Fsp3) is 0.382. The van der Waals surface area contributed by atoms with Gasteiger partial charge in [-0.25, -0.2) is 0 Å². The topological polar surface area (TPSA) is 66.7 Å². The van der Waals surface area contributed by atoms with Gasteiger partial charge >= 0.3 is 0 Å². The van der Waals surface area contributed by atoms with E-state index in [1.165, 1.54) is 16.5 Å². The van der Waals surface area contributed by atoms with Gasteiger partial charge in [-0.15, -0.1) is 0 Å². The Balaban J connectivity index is 1.29. The second-order valence-corrected chi connectivity index (χ2v) is 11.3. The Morgan fingerprint density at radius 3 is 2.58 bits per heavy atom. The number of fused-ring (bicyclic) bond motifs is 1. The number of nitrogens with one attached hydrogen (secondary N) is 1. The summed E-state index contributed by atoms with van der Waals surface area (Å²) in [5, 5.41) is 15.8. The summed E-state index contributed by atoms with van der Waals surface area (Å²) in [6.07, 6.45) is 4.61. The van der Waals surface area contributed by atoms with Crippen molar-refractivity contribution >= 4 is 16.8 Å². The molecule has 6 rings (SSSR count). The normalized spacial score (nSPS) is 21.0. The molecule has 2 heterocycles. The van der Waals surface area contributed by atoms with E-state index in [1.807, 2.05) is 24.3 Å². The number of carbonyl (C=O) groups is 1. The van der Waals surface area contributed by atoms with E-state index >= 15 is 0 Å². The predicted octanol–water partition coefficient (Wildman–Crippen LogP) is 5.20. The van der Waals surface area contributed by atoms with Crippen LogP contribution in [0.4, 0.5) is 0 Å². The maximum Gasteiger partial charge on any atom is 0.228 e. The molecule has 0 spiro atoms. The zero-order chi connectivity index (χ0) is 27.5. The minimum Gasteiger partial charge on any atom is -0.391 e. The average molecular weight is 538 g/mol. The third-order valence-corrected chi connectivity index (χ3v) is 8.49. The van der Waals surface area contributed by atoms with Crippen molar-refractivity contribution in [3.05, 3.63) is 96.2 Å². The lowest BCUT2D eigenvalue weighted by atomic mass is 9.77. The molecule has 208 valence electrons. The van der Waals surface area contributed by atoms with Crippen molar-refractivity contribution < 1.29 is 14.6 Å². The van der Waals surface area contributed by atoms with Gasteiger partial charge < -0.3 is 24.6 Å². The molecule has 1 aliphatic carbocycles. The maximum absolute atomic E-state index is 14.4. The van der Waals surface area contributed by atoms with Crippen LogP contribution >= 0.6 is 0 Å². The summed E-state index contributed by atoms with van der Waals surface area (Å²) in [6.45, 7) is 3.24. The van der Waals surface area contributed by atoms with Crippen LogP contribution in [0.5, 0.6) is 0 Å². The molecule has 2 aliphatic rings. The third-order valence-electron chi connectivity index (χ3n) is 8.49. The van der Waals surface area contributed by atoms with E-state index in [9.17, 15) is 9.90 Å². The molecule has 3 atom stereocenters. The van der Waals surface area contributed by atoms with Crippen molar-refractivity contribution in [1.82, 2.24) is 14.8 Å². The van der Waals surface area contributed by atoms with Gasteiger partial charge in [-0.1, -0.05) is 72.8 Å². The number of amides is 1. The largest absolute Gasteiger partial charge is 0.391 e. The van der Waals surface area contributed by atoms with Gasteiger partial charge in [-0.2, -0.15) is 0 Å². The zero-order valence-corrected chi connectivity index (χ0v) is 23.2. The van der Waals surface area contributed by atoms with Gasteiger partial charge in [0.1, 0.15) is 0 Å². The van der Waals surface area contributed by atoms with Crippen LogP contribution in [0.3, 0.4) is 0 Å². The number of nitrogens with zero attached hydrogens (tertiary/aromatic N) is 2. The van der Waals surface area contributed by atoms with Crippen LogP contribution in [0.25, 0.3) is 22.0 Å². The van der Waals surface area contributed by atoms with E-state index in [2.05, 4.69) is 75.6 Å². The number of aryl methyl sites for hydroxylation is 1. The lowest BCUT2D eigenvalue weighted by Gasteiger charge is -2.38. The summed E-state index contributed by atoms with van der Waals surface area (Å²) in [6, 6.07) is 27.4. The molecule has 6 heteroatoms. The number of hydrogen-bond donors (Lipinski definition) is 2. The van der Waals surface area contributed by atoms with Crippen LogP contribution in [-0.4, -0.2) is 59.4 Å². The Bertz CT molecular complexity index is 1450. The van der Waals surface area contributed by atoms with Crippen LogP contribution < -0.4 is 5.32 Å². The molecular formula is C34H39N3O3. The molecule has 0 unspecified atom stereocenters. The fourth-order valence-corrected chi connectivity index (χ4v) is 6.34. The third kappa shape index (κ3) is 5.57. The summed E-state index contributed by atoms with van der Waals surface area (Å²) < 4.78 is 7.58. The Morgan fingerprint density at radius 2 is 1.77 bits per heavy atom. The zero-order valence-electron chi connectivity index (χ0n) is 23.2. The Kier molecular flexibility index (Phi) is 8.00. The Labute approximate surface area is 236 Å². The highest BCUT2D eigenvalue weighted by Crippen LogP contribution is 2.38. The second-order valence-electron chi connectivity index (χ2n) is 11.3. The second kappa shape index (κ2) is 12.0. The first-order valence-corrected chi connectivity index (χ1v) is 14.5. The minimum atomic E-state index is -0.627. The molecule has 1 saturated carbocycles. The lowest BCUT2D eigenvalue weighted by Crippen LogP contribution is -2.52. The van der Waals surface area contributed by atoms with Crippen LogP contribution in [0, 0.1) is 5.92 Å². The van der Waals surface area contributed by atoms with E-state index in [0.717, 1.165) is 49.1 Å². The van der Waals surface area contributed by atoms with Crippen LogP contribution in [0.1, 0.15) is 36.3 Å². The number of para-hydroxylation sites is 1. The first kappa shape index (κ1) is 26.8. The number of aliphatic hydroxyl groups excluding tert-OH is 1. The monoisotopic (exact) mass is 537 g/mol. The lowest BCUT2D eigenvalue weighted by molar-refractivity contribution is -0.139. The molecular weight excluding hydrogens is 498 g/mol. The van der Waals surface area contributed by atoms with Crippen molar-refractivity contribution in [2.24, 2.45) is 5.92 Å². The average Bonchev–Trinajstić information content (AvgIpc) is 3.78. The SMILES string of the molecule is COCCCn1cc(CN(C(=O)[C@H]2CNC[C@@H](O)[C@@H]2c2cccc(-c3ccccc3)c2)C2CC2)c2ccccc21. The van der Waals surface area contributed by atoms with Crippen molar-refractivity contribution in [2.45, 2.75) is 50.4 Å². The van der Waals surface area contributed by atoms with E-state index in [1.54, 1.807) is 7.11 Å². The first-order chi connectivity index (χ1) is 19.6. The highest BCUT2D eigenvalue weighted by atomic mass is 16.5. The van der Waals surface area contributed by atoms with Gasteiger partial charge in [0.2, 0.25) is 5.91 Å². The van der Waals surface area contributed by atoms with Gasteiger partial charge in [0.25, 0.3) is 0 Å². The molecule has 1 saturated heterocycles. The molecule has 3 aromatic carbocycles.